The fraction of sp³-hybridized carbons (Fsp3) is 0.286. The van der Waals surface area contributed by atoms with E-state index in [1.165, 1.54) is 0 Å². The first kappa shape index (κ1) is 14.6. The highest BCUT2D eigenvalue weighted by Crippen LogP contribution is 2.18. The van der Waals surface area contributed by atoms with E-state index in [2.05, 4.69) is 26.4 Å². The Bertz CT molecular complexity index is 580. The number of anilines is 1. The van der Waals surface area contributed by atoms with Gasteiger partial charge >= 0.3 is 0 Å². The Labute approximate surface area is 125 Å². The smallest absolute Gasteiger partial charge is 0.266 e. The molecule has 20 heavy (non-hydrogen) atoms. The normalized spacial score (nSPS) is 11.9. The molecule has 1 N–H and O–H groups in total. The van der Waals surface area contributed by atoms with E-state index < -0.39 is 6.10 Å². The lowest BCUT2D eigenvalue weighted by atomic mass is 10.2. The van der Waals surface area contributed by atoms with Crippen molar-refractivity contribution in [3.8, 4) is 5.75 Å². The number of aromatic nitrogens is 1. The van der Waals surface area contributed by atoms with Gasteiger partial charge in [-0.2, -0.15) is 0 Å². The number of carbonyl (C=O) groups is 1. The zero-order chi connectivity index (χ0) is 14.5. The van der Waals surface area contributed by atoms with Gasteiger partial charge in [-0.25, -0.2) is 0 Å². The van der Waals surface area contributed by atoms with Crippen LogP contribution in [-0.2, 0) is 4.79 Å². The van der Waals surface area contributed by atoms with Crippen molar-refractivity contribution >= 4 is 27.7 Å². The van der Waals surface area contributed by atoms with Crippen LogP contribution in [0.4, 0.5) is 5.82 Å². The highest BCUT2D eigenvalue weighted by molar-refractivity contribution is 9.10. The Morgan fingerprint density at radius 1 is 1.45 bits per heavy atom. The lowest BCUT2D eigenvalue weighted by Gasteiger charge is -2.16. The van der Waals surface area contributed by atoms with Gasteiger partial charge in [0.05, 0.1) is 0 Å². The average Bonchev–Trinajstić information content (AvgIpc) is 2.83. The predicted octanol–water partition coefficient (Wildman–Crippen LogP) is 3.54. The number of aryl methyl sites for hydroxylation is 1. The number of rotatable bonds is 5. The van der Waals surface area contributed by atoms with Crippen LogP contribution in [0.15, 0.2) is 39.3 Å². The minimum atomic E-state index is -0.576. The van der Waals surface area contributed by atoms with Crippen molar-refractivity contribution in [1.29, 1.82) is 0 Å². The number of halogens is 1. The van der Waals surface area contributed by atoms with Crippen LogP contribution < -0.4 is 10.1 Å². The third-order valence-electron chi connectivity index (χ3n) is 2.63. The van der Waals surface area contributed by atoms with E-state index in [0.717, 1.165) is 4.47 Å². The van der Waals surface area contributed by atoms with Crippen molar-refractivity contribution in [1.82, 2.24) is 5.16 Å². The minimum Gasteiger partial charge on any atom is -0.481 e. The number of amides is 1. The molecular formula is C14H15BrN2O3. The van der Waals surface area contributed by atoms with Gasteiger partial charge in [0.15, 0.2) is 11.9 Å². The van der Waals surface area contributed by atoms with E-state index in [4.69, 9.17) is 9.26 Å². The van der Waals surface area contributed by atoms with E-state index in [1.54, 1.807) is 25.1 Å². The SMILES string of the molecule is CC[C@H](Oc1ccc(Br)cc1)C(=O)Nc1cc(C)on1. The second-order valence-electron chi connectivity index (χ2n) is 4.28. The van der Waals surface area contributed by atoms with Crippen molar-refractivity contribution < 1.29 is 14.1 Å². The van der Waals surface area contributed by atoms with Gasteiger partial charge in [-0.3, -0.25) is 4.79 Å². The standard InChI is InChI=1S/C14H15BrN2O3/c1-3-12(19-11-6-4-10(15)5-7-11)14(18)16-13-8-9(2)20-17-13/h4-8,12H,3H2,1-2H3,(H,16,17,18)/t12-/m0/s1. The maximum absolute atomic E-state index is 12.1. The first-order chi connectivity index (χ1) is 9.58. The molecule has 0 saturated heterocycles. The fourth-order valence-corrected chi connectivity index (χ4v) is 1.90. The van der Waals surface area contributed by atoms with Crippen LogP contribution in [0.2, 0.25) is 0 Å². The van der Waals surface area contributed by atoms with E-state index in [9.17, 15) is 4.79 Å². The van der Waals surface area contributed by atoms with Crippen molar-refractivity contribution in [2.45, 2.75) is 26.4 Å². The zero-order valence-corrected chi connectivity index (χ0v) is 12.8. The van der Waals surface area contributed by atoms with Gasteiger partial charge in [0.25, 0.3) is 5.91 Å². The highest BCUT2D eigenvalue weighted by atomic mass is 79.9. The van der Waals surface area contributed by atoms with Gasteiger partial charge in [0.2, 0.25) is 0 Å². The average molecular weight is 339 g/mol. The zero-order valence-electron chi connectivity index (χ0n) is 11.2. The third-order valence-corrected chi connectivity index (χ3v) is 3.16. The summed E-state index contributed by atoms with van der Waals surface area (Å²) in [6.45, 7) is 3.65. The van der Waals surface area contributed by atoms with E-state index >= 15 is 0 Å². The Hall–Kier alpha value is -1.82. The van der Waals surface area contributed by atoms with Gasteiger partial charge in [0.1, 0.15) is 11.5 Å². The van der Waals surface area contributed by atoms with Crippen molar-refractivity contribution in [2.75, 3.05) is 5.32 Å². The Balaban J connectivity index is 2.00. The number of hydrogen-bond acceptors (Lipinski definition) is 4. The summed E-state index contributed by atoms with van der Waals surface area (Å²) in [6, 6.07) is 8.99. The summed E-state index contributed by atoms with van der Waals surface area (Å²) in [5, 5.41) is 6.39. The molecule has 106 valence electrons. The maximum atomic E-state index is 12.1. The van der Waals surface area contributed by atoms with Crippen LogP contribution in [0.3, 0.4) is 0 Å². The monoisotopic (exact) mass is 338 g/mol. The molecule has 0 aliphatic rings. The van der Waals surface area contributed by atoms with Crippen LogP contribution in [0, 0.1) is 6.92 Å². The summed E-state index contributed by atoms with van der Waals surface area (Å²) in [5.74, 6) is 1.43. The van der Waals surface area contributed by atoms with Gasteiger partial charge < -0.3 is 14.6 Å². The fourth-order valence-electron chi connectivity index (χ4n) is 1.63. The van der Waals surface area contributed by atoms with E-state index in [0.29, 0.717) is 23.7 Å². The molecule has 1 amide bonds. The molecule has 6 heteroatoms. The van der Waals surface area contributed by atoms with E-state index in [1.807, 2.05) is 19.1 Å². The number of benzene rings is 1. The molecule has 1 aromatic heterocycles. The summed E-state index contributed by atoms with van der Waals surface area (Å²) >= 11 is 3.35. The van der Waals surface area contributed by atoms with Gasteiger partial charge in [-0.15, -0.1) is 0 Å². The molecule has 2 rings (SSSR count). The largest absolute Gasteiger partial charge is 0.481 e. The molecule has 1 heterocycles. The molecule has 0 aliphatic carbocycles. The maximum Gasteiger partial charge on any atom is 0.266 e. The lowest BCUT2D eigenvalue weighted by Crippen LogP contribution is -2.32. The molecule has 0 radical (unpaired) electrons. The quantitative estimate of drug-likeness (QED) is 0.905. The summed E-state index contributed by atoms with van der Waals surface area (Å²) in [7, 11) is 0. The number of hydrogen-bond donors (Lipinski definition) is 1. The number of nitrogens with zero attached hydrogens (tertiary/aromatic N) is 1. The Morgan fingerprint density at radius 3 is 2.70 bits per heavy atom. The molecule has 0 spiro atoms. The second kappa shape index (κ2) is 6.56. The summed E-state index contributed by atoms with van der Waals surface area (Å²) < 4.78 is 11.5. The molecule has 0 bridgehead atoms. The molecule has 1 aromatic carbocycles. The minimum absolute atomic E-state index is 0.247. The van der Waals surface area contributed by atoms with Crippen LogP contribution in [0.5, 0.6) is 5.75 Å². The van der Waals surface area contributed by atoms with Gasteiger partial charge in [0, 0.05) is 10.5 Å². The molecular weight excluding hydrogens is 324 g/mol. The lowest BCUT2D eigenvalue weighted by molar-refractivity contribution is -0.122. The summed E-state index contributed by atoms with van der Waals surface area (Å²) in [4.78, 5) is 12.1. The number of carbonyl (C=O) groups excluding carboxylic acids is 1. The first-order valence-corrected chi connectivity index (χ1v) is 7.04. The highest BCUT2D eigenvalue weighted by Gasteiger charge is 2.19. The van der Waals surface area contributed by atoms with Gasteiger partial charge in [-0.05, 0) is 37.6 Å². The number of ether oxygens (including phenoxy) is 1. The van der Waals surface area contributed by atoms with Gasteiger partial charge in [-0.1, -0.05) is 28.0 Å². The molecule has 0 fully saturated rings. The predicted molar refractivity (Wildman–Crippen MR) is 78.7 cm³/mol. The topological polar surface area (TPSA) is 64.4 Å². The van der Waals surface area contributed by atoms with Crippen molar-refractivity contribution in [3.63, 3.8) is 0 Å². The molecule has 0 aliphatic heterocycles. The summed E-state index contributed by atoms with van der Waals surface area (Å²) in [6.07, 6.45) is -0.0215. The molecule has 2 aromatic rings. The van der Waals surface area contributed by atoms with Crippen LogP contribution in [0.25, 0.3) is 0 Å². The molecule has 1 atom stereocenters. The van der Waals surface area contributed by atoms with Crippen LogP contribution >= 0.6 is 15.9 Å². The van der Waals surface area contributed by atoms with Crippen LogP contribution in [0.1, 0.15) is 19.1 Å². The summed E-state index contributed by atoms with van der Waals surface area (Å²) in [5.41, 5.74) is 0. The molecule has 0 saturated carbocycles. The van der Waals surface area contributed by atoms with Crippen LogP contribution in [-0.4, -0.2) is 17.2 Å². The molecule has 0 unspecified atom stereocenters. The van der Waals surface area contributed by atoms with E-state index in [-0.39, 0.29) is 5.91 Å². The number of nitrogens with one attached hydrogen (secondary N) is 1. The third kappa shape index (κ3) is 3.84. The van der Waals surface area contributed by atoms with Crippen molar-refractivity contribution in [2.24, 2.45) is 0 Å². The Kier molecular flexibility index (Phi) is 4.79. The Morgan fingerprint density at radius 2 is 2.15 bits per heavy atom. The second-order valence-corrected chi connectivity index (χ2v) is 5.20. The van der Waals surface area contributed by atoms with Crippen molar-refractivity contribution in [3.05, 3.63) is 40.6 Å². The molecule has 5 nitrogen and oxygen atoms in total. The first-order valence-electron chi connectivity index (χ1n) is 6.25.